The molecule has 0 saturated carbocycles. The summed E-state index contributed by atoms with van der Waals surface area (Å²) >= 11 is 1.64. The smallest absolute Gasteiger partial charge is 0.416 e. The van der Waals surface area contributed by atoms with Crippen molar-refractivity contribution >= 4 is 23.3 Å². The number of esters is 2. The molecule has 0 radical (unpaired) electrons. The summed E-state index contributed by atoms with van der Waals surface area (Å²) in [6.45, 7) is 4.69. The molecule has 0 spiro atoms. The summed E-state index contributed by atoms with van der Waals surface area (Å²) in [6, 6.07) is 6.82. The molecule has 2 aliphatic rings. The molecular weight excluding hydrogens is 503 g/mol. The molecule has 200 valence electrons. The van der Waals surface area contributed by atoms with Crippen molar-refractivity contribution < 1.29 is 32.2 Å². The fourth-order valence-corrected chi connectivity index (χ4v) is 7.27. The molecule has 3 unspecified atom stereocenters. The monoisotopic (exact) mass is 535 g/mol. The lowest BCUT2D eigenvalue weighted by atomic mass is 9.60. The Labute approximate surface area is 219 Å². The zero-order chi connectivity index (χ0) is 27.0. The predicted molar refractivity (Wildman–Crippen MR) is 135 cm³/mol. The highest BCUT2D eigenvalue weighted by molar-refractivity contribution is 7.10. The van der Waals surface area contributed by atoms with Gasteiger partial charge in [0.25, 0.3) is 0 Å². The van der Waals surface area contributed by atoms with Crippen molar-refractivity contribution in [2.24, 2.45) is 5.92 Å². The minimum atomic E-state index is -4.50. The van der Waals surface area contributed by atoms with E-state index < -0.39 is 41.1 Å². The van der Waals surface area contributed by atoms with Gasteiger partial charge in [0.2, 0.25) is 0 Å². The SMILES string of the molecule is CCCC1=C(C(=O)OC)C(c2ccc(C(F)(F)F)cc2)C(C(=O)OC)C2(CCC)c3ccsc3CCN12. The van der Waals surface area contributed by atoms with E-state index in [4.69, 9.17) is 9.47 Å². The number of fused-ring (bicyclic) bond motifs is 3. The Morgan fingerprint density at radius 3 is 2.35 bits per heavy atom. The van der Waals surface area contributed by atoms with E-state index in [1.165, 1.54) is 31.2 Å². The van der Waals surface area contributed by atoms with Crippen LogP contribution in [0.3, 0.4) is 0 Å². The van der Waals surface area contributed by atoms with Crippen LogP contribution >= 0.6 is 11.3 Å². The molecule has 0 saturated heterocycles. The average molecular weight is 536 g/mol. The standard InChI is InChI=1S/C28H32F3NO4S/c1-5-7-20-23(25(33)35-3)22(17-8-10-18(11-9-17)28(29,30)31)24(26(34)36-4)27(14-6-2)19-13-16-37-21(19)12-15-32(20)27/h8-11,13,16,22,24H,5-7,12,14-15H2,1-4H3. The molecule has 0 N–H and O–H groups in total. The Hall–Kier alpha value is -2.81. The van der Waals surface area contributed by atoms with E-state index >= 15 is 0 Å². The van der Waals surface area contributed by atoms with Crippen LogP contribution in [0.5, 0.6) is 0 Å². The molecule has 0 amide bonds. The van der Waals surface area contributed by atoms with Crippen molar-refractivity contribution in [3.05, 3.63) is 68.5 Å². The van der Waals surface area contributed by atoms with Gasteiger partial charge in [-0.2, -0.15) is 13.2 Å². The fourth-order valence-electron chi connectivity index (χ4n) is 6.32. The second kappa shape index (κ2) is 10.5. The highest BCUT2D eigenvalue weighted by Gasteiger charge is 2.60. The first-order chi connectivity index (χ1) is 17.6. The molecule has 2 aliphatic heterocycles. The van der Waals surface area contributed by atoms with Crippen LogP contribution in [0.4, 0.5) is 13.2 Å². The lowest BCUT2D eigenvalue weighted by molar-refractivity contribution is -0.156. The molecule has 3 atom stereocenters. The van der Waals surface area contributed by atoms with Crippen LogP contribution < -0.4 is 0 Å². The van der Waals surface area contributed by atoms with E-state index in [2.05, 4.69) is 4.90 Å². The number of ether oxygens (including phenoxy) is 2. The average Bonchev–Trinajstić information content (AvgIpc) is 3.37. The molecule has 4 rings (SSSR count). The number of alkyl halides is 3. The Kier molecular flexibility index (Phi) is 7.74. The van der Waals surface area contributed by atoms with Crippen molar-refractivity contribution in [2.45, 2.75) is 63.6 Å². The number of methoxy groups -OCH3 is 2. The number of thiophene rings is 1. The lowest BCUT2D eigenvalue weighted by Gasteiger charge is -2.58. The lowest BCUT2D eigenvalue weighted by Crippen LogP contribution is -2.61. The number of carbonyl (C=O) groups excluding carboxylic acids is 2. The van der Waals surface area contributed by atoms with Crippen LogP contribution in [0, 0.1) is 5.92 Å². The number of rotatable bonds is 7. The highest BCUT2D eigenvalue weighted by Crippen LogP contribution is 2.58. The minimum absolute atomic E-state index is 0.324. The van der Waals surface area contributed by atoms with Crippen molar-refractivity contribution in [3.63, 3.8) is 0 Å². The van der Waals surface area contributed by atoms with E-state index in [1.54, 1.807) is 11.3 Å². The van der Waals surface area contributed by atoms with Crippen molar-refractivity contribution in [1.29, 1.82) is 0 Å². The van der Waals surface area contributed by atoms with Gasteiger partial charge in [0.1, 0.15) is 0 Å². The van der Waals surface area contributed by atoms with E-state index in [0.29, 0.717) is 30.5 Å². The first-order valence-corrected chi connectivity index (χ1v) is 13.4. The van der Waals surface area contributed by atoms with E-state index in [0.717, 1.165) is 42.7 Å². The van der Waals surface area contributed by atoms with Crippen molar-refractivity contribution in [3.8, 4) is 0 Å². The van der Waals surface area contributed by atoms with Crippen LogP contribution in [-0.4, -0.2) is 37.6 Å². The maximum atomic E-state index is 13.8. The summed E-state index contributed by atoms with van der Waals surface area (Å²) in [4.78, 5) is 30.6. The van der Waals surface area contributed by atoms with Gasteiger partial charge >= 0.3 is 18.1 Å². The van der Waals surface area contributed by atoms with Gasteiger partial charge in [0.05, 0.1) is 36.8 Å². The number of halogens is 3. The topological polar surface area (TPSA) is 55.8 Å². The van der Waals surface area contributed by atoms with Crippen molar-refractivity contribution in [2.75, 3.05) is 20.8 Å². The maximum Gasteiger partial charge on any atom is 0.416 e. The van der Waals surface area contributed by atoms with Gasteiger partial charge in [0.15, 0.2) is 0 Å². The summed E-state index contributed by atoms with van der Waals surface area (Å²) in [7, 11) is 2.60. The van der Waals surface area contributed by atoms with E-state index in [-0.39, 0.29) is 0 Å². The van der Waals surface area contributed by atoms with E-state index in [1.807, 2.05) is 25.3 Å². The molecule has 1 aromatic carbocycles. The van der Waals surface area contributed by atoms with Gasteiger partial charge in [-0.25, -0.2) is 4.79 Å². The van der Waals surface area contributed by atoms with Gasteiger partial charge in [0, 0.05) is 23.0 Å². The minimum Gasteiger partial charge on any atom is -0.469 e. The first-order valence-electron chi connectivity index (χ1n) is 12.6. The Balaban J connectivity index is 2.09. The maximum absolute atomic E-state index is 13.8. The second-order valence-corrected chi connectivity index (χ2v) is 10.5. The Morgan fingerprint density at radius 1 is 1.08 bits per heavy atom. The molecular formula is C28H32F3NO4S. The van der Waals surface area contributed by atoms with Crippen LogP contribution in [-0.2, 0) is 37.2 Å². The number of allylic oxidation sites excluding steroid dienone is 1. The zero-order valence-electron chi connectivity index (χ0n) is 21.5. The van der Waals surface area contributed by atoms with Crippen LogP contribution in [0.15, 0.2) is 47.0 Å². The first kappa shape index (κ1) is 27.2. The molecule has 1 aromatic heterocycles. The van der Waals surface area contributed by atoms with Gasteiger partial charge in [-0.05, 0) is 54.0 Å². The third kappa shape index (κ3) is 4.45. The second-order valence-electron chi connectivity index (χ2n) is 9.53. The molecule has 2 aromatic rings. The predicted octanol–water partition coefficient (Wildman–Crippen LogP) is 6.43. The normalized spacial score (nSPS) is 23.4. The number of carbonyl (C=O) groups is 2. The van der Waals surface area contributed by atoms with Gasteiger partial charge < -0.3 is 14.4 Å². The van der Waals surface area contributed by atoms with Gasteiger partial charge in [-0.1, -0.05) is 38.8 Å². The summed E-state index contributed by atoms with van der Waals surface area (Å²) in [5.74, 6) is -2.78. The quantitative estimate of drug-likeness (QED) is 0.382. The Morgan fingerprint density at radius 2 is 1.78 bits per heavy atom. The van der Waals surface area contributed by atoms with Crippen LogP contribution in [0.25, 0.3) is 0 Å². The largest absolute Gasteiger partial charge is 0.469 e. The molecule has 3 heterocycles. The molecule has 5 nitrogen and oxygen atoms in total. The van der Waals surface area contributed by atoms with Crippen LogP contribution in [0.1, 0.15) is 67.0 Å². The molecule has 0 aliphatic carbocycles. The third-order valence-corrected chi connectivity index (χ3v) is 8.61. The third-order valence-electron chi connectivity index (χ3n) is 7.63. The number of nitrogens with zero attached hydrogens (tertiary/aromatic N) is 1. The highest BCUT2D eigenvalue weighted by atomic mass is 32.1. The van der Waals surface area contributed by atoms with Crippen LogP contribution in [0.2, 0.25) is 0 Å². The number of benzene rings is 1. The number of hydrogen-bond donors (Lipinski definition) is 0. The van der Waals surface area contributed by atoms with Crippen molar-refractivity contribution in [1.82, 2.24) is 4.90 Å². The number of hydrogen-bond acceptors (Lipinski definition) is 6. The molecule has 9 heteroatoms. The summed E-state index contributed by atoms with van der Waals surface area (Å²) in [5.41, 5.74) is 1.02. The van der Waals surface area contributed by atoms with Gasteiger partial charge in [-0.15, -0.1) is 11.3 Å². The molecule has 0 fully saturated rings. The fraction of sp³-hybridized carbons (Fsp3) is 0.500. The van der Waals surface area contributed by atoms with Gasteiger partial charge in [-0.3, -0.25) is 4.79 Å². The Bertz CT molecular complexity index is 1190. The molecule has 37 heavy (non-hydrogen) atoms. The summed E-state index contributed by atoms with van der Waals surface area (Å²) < 4.78 is 50.8. The zero-order valence-corrected chi connectivity index (χ0v) is 22.3. The van der Waals surface area contributed by atoms with E-state index in [9.17, 15) is 22.8 Å². The summed E-state index contributed by atoms with van der Waals surface area (Å²) in [5, 5.41) is 2.02. The summed E-state index contributed by atoms with van der Waals surface area (Å²) in [6.07, 6.45) is -1.04. The molecule has 0 bridgehead atoms.